The van der Waals surface area contributed by atoms with Gasteiger partial charge >= 0.3 is 0 Å². The summed E-state index contributed by atoms with van der Waals surface area (Å²) in [5.74, 6) is 1.77. The zero-order valence-corrected chi connectivity index (χ0v) is 15.5. The molecule has 2 aromatic rings. The highest BCUT2D eigenvalue weighted by atomic mass is 15.2. The molecule has 0 unspecified atom stereocenters. The smallest absolute Gasteiger partial charge is 0.135 e. The monoisotopic (exact) mass is 349 g/mol. The molecule has 0 bridgehead atoms. The van der Waals surface area contributed by atoms with E-state index in [0.29, 0.717) is 12.5 Å². The highest BCUT2D eigenvalue weighted by molar-refractivity contribution is 5.64. The summed E-state index contributed by atoms with van der Waals surface area (Å²) in [5, 5.41) is 3.64. The highest BCUT2D eigenvalue weighted by Crippen LogP contribution is 2.47. The Morgan fingerprint density at radius 2 is 2.12 bits per heavy atom. The van der Waals surface area contributed by atoms with Crippen LogP contribution in [0.25, 0.3) is 0 Å². The fraction of sp³-hybridized carbons (Fsp3) is 0.524. The quantitative estimate of drug-likeness (QED) is 0.872. The Hall–Kier alpha value is -2.14. The third kappa shape index (κ3) is 2.26. The maximum atomic E-state index is 6.05. The van der Waals surface area contributed by atoms with Crippen molar-refractivity contribution in [2.24, 2.45) is 5.73 Å². The topological polar surface area (TPSA) is 67.1 Å². The van der Waals surface area contributed by atoms with Crippen molar-refractivity contribution in [1.82, 2.24) is 9.97 Å². The molecule has 1 aromatic heterocycles. The summed E-state index contributed by atoms with van der Waals surface area (Å²) < 4.78 is 0. The molecule has 5 heteroatoms. The average molecular weight is 349 g/mol. The third-order valence-corrected chi connectivity index (χ3v) is 6.79. The zero-order chi connectivity index (χ0) is 17.7. The lowest BCUT2D eigenvalue weighted by molar-refractivity contribution is 0.358. The standard InChI is InChI=1S/C21H27N5/c1-14-5-6-16-18(14)20(25-13-24-16)26-9-7-21(8-10-26)12-23-17-4-2-3-15(11-22)19(17)21/h2-4,13-14,23H,5-12,22H2,1H3/t14-/m1/s1. The largest absolute Gasteiger partial charge is 0.384 e. The van der Waals surface area contributed by atoms with Crippen molar-refractivity contribution in [2.45, 2.75) is 50.5 Å². The molecule has 1 fully saturated rings. The molecule has 1 atom stereocenters. The first-order valence-electron chi connectivity index (χ1n) is 9.87. The fourth-order valence-electron chi connectivity index (χ4n) is 5.34. The van der Waals surface area contributed by atoms with Crippen LogP contribution in [-0.4, -0.2) is 29.6 Å². The summed E-state index contributed by atoms with van der Waals surface area (Å²) in [4.78, 5) is 11.7. The fourth-order valence-corrected chi connectivity index (χ4v) is 5.34. The first-order valence-corrected chi connectivity index (χ1v) is 9.87. The SMILES string of the molecule is C[C@@H]1CCc2ncnc(N3CCC4(CC3)CNc3cccc(CN)c34)c21. The summed E-state index contributed by atoms with van der Waals surface area (Å²) >= 11 is 0. The third-order valence-electron chi connectivity index (χ3n) is 6.79. The van der Waals surface area contributed by atoms with E-state index in [1.165, 1.54) is 40.3 Å². The maximum Gasteiger partial charge on any atom is 0.135 e. The van der Waals surface area contributed by atoms with E-state index >= 15 is 0 Å². The molecule has 2 aliphatic heterocycles. The number of hydrogen-bond donors (Lipinski definition) is 2. The molecule has 3 heterocycles. The van der Waals surface area contributed by atoms with Crippen molar-refractivity contribution in [3.8, 4) is 0 Å². The van der Waals surface area contributed by atoms with Crippen LogP contribution in [0.15, 0.2) is 24.5 Å². The molecule has 0 radical (unpaired) electrons. The van der Waals surface area contributed by atoms with Gasteiger partial charge in [-0.1, -0.05) is 19.1 Å². The summed E-state index contributed by atoms with van der Waals surface area (Å²) in [6, 6.07) is 6.52. The van der Waals surface area contributed by atoms with Crippen molar-refractivity contribution in [2.75, 3.05) is 29.9 Å². The van der Waals surface area contributed by atoms with Crippen molar-refractivity contribution < 1.29 is 0 Å². The molecule has 1 spiro atoms. The molecule has 136 valence electrons. The highest BCUT2D eigenvalue weighted by Gasteiger charge is 2.43. The van der Waals surface area contributed by atoms with Gasteiger partial charge in [0.05, 0.1) is 0 Å². The number of rotatable bonds is 2. The van der Waals surface area contributed by atoms with Gasteiger partial charge in [-0.05, 0) is 48.8 Å². The van der Waals surface area contributed by atoms with Gasteiger partial charge in [0.25, 0.3) is 0 Å². The molecule has 1 aliphatic carbocycles. The summed E-state index contributed by atoms with van der Waals surface area (Å²) in [5.41, 5.74) is 13.0. The van der Waals surface area contributed by atoms with E-state index < -0.39 is 0 Å². The van der Waals surface area contributed by atoms with Crippen LogP contribution in [0.2, 0.25) is 0 Å². The van der Waals surface area contributed by atoms with Crippen LogP contribution in [0.3, 0.4) is 0 Å². The number of benzene rings is 1. The van der Waals surface area contributed by atoms with Gasteiger partial charge in [0.1, 0.15) is 12.1 Å². The number of hydrogen-bond acceptors (Lipinski definition) is 5. The Bertz CT molecular complexity index is 838. The summed E-state index contributed by atoms with van der Waals surface area (Å²) in [7, 11) is 0. The number of nitrogens with one attached hydrogen (secondary N) is 1. The molecule has 3 N–H and O–H groups in total. The molecular weight excluding hydrogens is 322 g/mol. The van der Waals surface area contributed by atoms with E-state index in [1.54, 1.807) is 6.33 Å². The molecule has 26 heavy (non-hydrogen) atoms. The van der Waals surface area contributed by atoms with Gasteiger partial charge in [0, 0.05) is 48.5 Å². The van der Waals surface area contributed by atoms with Crippen LogP contribution < -0.4 is 16.0 Å². The van der Waals surface area contributed by atoms with Gasteiger partial charge < -0.3 is 16.0 Å². The normalized spacial score (nSPS) is 23.0. The molecule has 5 rings (SSSR count). The summed E-state index contributed by atoms with van der Waals surface area (Å²) in [6.45, 7) is 6.07. The minimum Gasteiger partial charge on any atom is -0.384 e. The van der Waals surface area contributed by atoms with E-state index in [9.17, 15) is 0 Å². The molecule has 3 aliphatic rings. The van der Waals surface area contributed by atoms with Crippen LogP contribution >= 0.6 is 0 Å². The molecule has 0 amide bonds. The number of nitrogens with zero attached hydrogens (tertiary/aromatic N) is 3. The lowest BCUT2D eigenvalue weighted by Gasteiger charge is -2.41. The Balaban J connectivity index is 1.44. The zero-order valence-electron chi connectivity index (χ0n) is 15.5. The lowest BCUT2D eigenvalue weighted by Crippen LogP contribution is -2.45. The van der Waals surface area contributed by atoms with Gasteiger partial charge in [0.15, 0.2) is 0 Å². The Kier molecular flexibility index (Phi) is 3.67. The van der Waals surface area contributed by atoms with Crippen LogP contribution in [0.1, 0.15) is 54.5 Å². The number of aromatic nitrogens is 2. The number of piperidine rings is 1. The number of aryl methyl sites for hydroxylation is 1. The Labute approximate surface area is 155 Å². The maximum absolute atomic E-state index is 6.05. The van der Waals surface area contributed by atoms with Crippen molar-refractivity contribution in [3.05, 3.63) is 46.9 Å². The first kappa shape index (κ1) is 16.1. The first-order chi connectivity index (χ1) is 12.7. The molecule has 5 nitrogen and oxygen atoms in total. The van der Waals surface area contributed by atoms with E-state index in [2.05, 4.69) is 40.3 Å². The van der Waals surface area contributed by atoms with Gasteiger partial charge in [-0.3, -0.25) is 0 Å². The minimum absolute atomic E-state index is 0.226. The molecule has 0 saturated carbocycles. The predicted molar refractivity (Wildman–Crippen MR) is 105 cm³/mol. The second kappa shape index (κ2) is 5.95. The number of anilines is 2. The van der Waals surface area contributed by atoms with E-state index in [0.717, 1.165) is 38.9 Å². The van der Waals surface area contributed by atoms with Crippen LogP contribution in [-0.2, 0) is 18.4 Å². The van der Waals surface area contributed by atoms with Crippen molar-refractivity contribution in [3.63, 3.8) is 0 Å². The average Bonchev–Trinajstić information content (AvgIpc) is 3.24. The van der Waals surface area contributed by atoms with E-state index in [-0.39, 0.29) is 5.41 Å². The molecular formula is C21H27N5. The second-order valence-corrected chi connectivity index (χ2v) is 8.16. The van der Waals surface area contributed by atoms with Crippen molar-refractivity contribution in [1.29, 1.82) is 0 Å². The molecule has 1 aromatic carbocycles. The predicted octanol–water partition coefficient (Wildman–Crippen LogP) is 2.95. The van der Waals surface area contributed by atoms with Crippen LogP contribution in [0.5, 0.6) is 0 Å². The van der Waals surface area contributed by atoms with Gasteiger partial charge in [0.2, 0.25) is 0 Å². The van der Waals surface area contributed by atoms with Crippen LogP contribution in [0.4, 0.5) is 11.5 Å². The Morgan fingerprint density at radius 3 is 2.92 bits per heavy atom. The van der Waals surface area contributed by atoms with Crippen LogP contribution in [0, 0.1) is 0 Å². The van der Waals surface area contributed by atoms with E-state index in [4.69, 9.17) is 10.7 Å². The van der Waals surface area contributed by atoms with Gasteiger partial charge in [-0.15, -0.1) is 0 Å². The van der Waals surface area contributed by atoms with E-state index in [1.807, 2.05) is 0 Å². The Morgan fingerprint density at radius 1 is 1.27 bits per heavy atom. The van der Waals surface area contributed by atoms with Crippen molar-refractivity contribution >= 4 is 11.5 Å². The van der Waals surface area contributed by atoms with Gasteiger partial charge in [-0.25, -0.2) is 9.97 Å². The number of nitrogens with two attached hydrogens (primary N) is 1. The minimum atomic E-state index is 0.226. The molecule has 1 saturated heterocycles. The second-order valence-electron chi connectivity index (χ2n) is 8.16. The van der Waals surface area contributed by atoms with Gasteiger partial charge in [-0.2, -0.15) is 0 Å². The lowest BCUT2D eigenvalue weighted by atomic mass is 9.72. The summed E-state index contributed by atoms with van der Waals surface area (Å²) in [6.07, 6.45) is 6.36. The number of fused-ring (bicyclic) bond motifs is 3.